The van der Waals surface area contributed by atoms with E-state index in [9.17, 15) is 29.4 Å². The molecule has 0 radical (unpaired) electrons. The first-order valence-corrected chi connectivity index (χ1v) is 19.5. The summed E-state index contributed by atoms with van der Waals surface area (Å²) in [5.41, 5.74) is 13.6. The minimum Gasteiger partial charge on any atom is -0.478 e. The zero-order valence-electron chi connectivity index (χ0n) is 33.0. The van der Waals surface area contributed by atoms with Crippen LogP contribution in [0.2, 0.25) is 0 Å². The van der Waals surface area contributed by atoms with Gasteiger partial charge < -0.3 is 19.7 Å². The summed E-state index contributed by atoms with van der Waals surface area (Å²) < 4.78 is 10.0. The molecule has 62 heavy (non-hydrogen) atoms. The zero-order valence-corrected chi connectivity index (χ0v) is 33.0. The van der Waals surface area contributed by atoms with E-state index in [1.165, 1.54) is 0 Å². The lowest BCUT2D eigenvalue weighted by Crippen LogP contribution is -1.99. The lowest BCUT2D eigenvalue weighted by molar-refractivity contribution is -0.121. The summed E-state index contributed by atoms with van der Waals surface area (Å²) in [5, 5.41) is 18.9. The van der Waals surface area contributed by atoms with Crippen molar-refractivity contribution in [1.82, 2.24) is 0 Å². The van der Waals surface area contributed by atoms with E-state index in [0.717, 1.165) is 77.9 Å². The van der Waals surface area contributed by atoms with E-state index in [-0.39, 0.29) is 11.1 Å². The SMILES string of the molecule is O=COc1ccc(-c2ccc(/C(=C(\c3ccc(-c4ccc(OC=O)cc4)cc3)c3ccc(-c4ccc(C(=O)O)cc4)cc3)c3ccc(-c4ccc(C(=O)O)cc4)cc3)cc2)cc1. The predicted octanol–water partition coefficient (Wildman–Crippen LogP) is 11.8. The largest absolute Gasteiger partial charge is 0.478 e. The van der Waals surface area contributed by atoms with Crippen LogP contribution in [0.1, 0.15) is 43.0 Å². The van der Waals surface area contributed by atoms with Crippen molar-refractivity contribution in [3.05, 3.63) is 228 Å². The van der Waals surface area contributed by atoms with Crippen molar-refractivity contribution in [3.8, 4) is 56.0 Å². The molecule has 0 atom stereocenters. The van der Waals surface area contributed by atoms with Crippen molar-refractivity contribution in [2.45, 2.75) is 0 Å². The molecule has 2 N–H and O–H groups in total. The molecule has 0 saturated carbocycles. The molecule has 8 nitrogen and oxygen atoms in total. The summed E-state index contributed by atoms with van der Waals surface area (Å²) in [6, 6.07) is 61.3. The number of aromatic carboxylic acids is 2. The maximum atomic E-state index is 11.5. The van der Waals surface area contributed by atoms with E-state index in [4.69, 9.17) is 9.47 Å². The van der Waals surface area contributed by atoms with E-state index >= 15 is 0 Å². The van der Waals surface area contributed by atoms with Crippen molar-refractivity contribution in [1.29, 1.82) is 0 Å². The fourth-order valence-electron chi connectivity index (χ4n) is 7.40. The van der Waals surface area contributed by atoms with Crippen LogP contribution in [-0.2, 0) is 9.59 Å². The molecule has 8 aromatic carbocycles. The second kappa shape index (κ2) is 18.1. The molecular weight excluding hydrogens is 777 g/mol. The highest BCUT2D eigenvalue weighted by Gasteiger charge is 2.18. The van der Waals surface area contributed by atoms with Crippen LogP contribution in [-0.4, -0.2) is 35.1 Å². The average Bonchev–Trinajstić information content (AvgIpc) is 3.32. The number of hydrogen-bond acceptors (Lipinski definition) is 6. The Bertz CT molecular complexity index is 2690. The Morgan fingerprint density at radius 2 is 0.468 bits per heavy atom. The summed E-state index contributed by atoms with van der Waals surface area (Å²) in [6.07, 6.45) is 0. The molecule has 0 aromatic heterocycles. The molecule has 8 rings (SSSR count). The van der Waals surface area contributed by atoms with Crippen molar-refractivity contribution < 1.29 is 38.9 Å². The van der Waals surface area contributed by atoms with Gasteiger partial charge in [0.15, 0.2) is 0 Å². The minimum absolute atomic E-state index is 0.215. The Morgan fingerprint density at radius 3 is 0.645 bits per heavy atom. The number of carbonyl (C=O) groups is 4. The highest BCUT2D eigenvalue weighted by molar-refractivity contribution is 6.05. The van der Waals surface area contributed by atoms with Gasteiger partial charge in [0.2, 0.25) is 0 Å². The van der Waals surface area contributed by atoms with Crippen LogP contribution in [0.5, 0.6) is 11.5 Å². The monoisotopic (exact) mass is 812 g/mol. The van der Waals surface area contributed by atoms with Crippen LogP contribution < -0.4 is 9.47 Å². The van der Waals surface area contributed by atoms with E-state index < -0.39 is 11.9 Å². The van der Waals surface area contributed by atoms with Gasteiger partial charge in [-0.25, -0.2) is 9.59 Å². The van der Waals surface area contributed by atoms with Gasteiger partial charge in [-0.2, -0.15) is 0 Å². The van der Waals surface area contributed by atoms with E-state index in [0.29, 0.717) is 24.4 Å². The Morgan fingerprint density at radius 1 is 0.290 bits per heavy atom. The molecule has 0 saturated heterocycles. The number of carboxylic acids is 2. The van der Waals surface area contributed by atoms with Gasteiger partial charge in [0, 0.05) is 0 Å². The average molecular weight is 813 g/mol. The van der Waals surface area contributed by atoms with Crippen molar-refractivity contribution in [3.63, 3.8) is 0 Å². The summed E-state index contributed by atoms with van der Waals surface area (Å²) in [4.78, 5) is 44.8. The number of rotatable bonds is 14. The molecule has 0 heterocycles. The third kappa shape index (κ3) is 8.85. The summed E-state index contributed by atoms with van der Waals surface area (Å²) in [6.45, 7) is 0.806. The topological polar surface area (TPSA) is 127 Å². The summed E-state index contributed by atoms with van der Waals surface area (Å²) >= 11 is 0. The van der Waals surface area contributed by atoms with Crippen LogP contribution >= 0.6 is 0 Å². The fourth-order valence-corrected chi connectivity index (χ4v) is 7.40. The van der Waals surface area contributed by atoms with Gasteiger partial charge in [-0.1, -0.05) is 146 Å². The Kier molecular flexibility index (Phi) is 11.7. The van der Waals surface area contributed by atoms with Crippen LogP contribution in [0.3, 0.4) is 0 Å². The number of benzene rings is 8. The summed E-state index contributed by atoms with van der Waals surface area (Å²) in [5.74, 6) is -1.06. The standard InChI is InChI=1S/C54H36O8/c55-33-61-49-29-25-41(26-30-49)37-5-17-45(18-6-37)51(43-13-1-35(2-14-43)39-9-21-47(22-10-39)53(57)58)52(44-15-3-36(4-16-44)40-11-23-48(24-12-40)54(59)60)46-19-7-38(8-20-46)42-27-31-50(32-28-42)62-34-56/h1-34H,(H,57,58)(H,59,60)/b52-51-. The Hall–Kier alpha value is -8.62. The van der Waals surface area contributed by atoms with Gasteiger partial charge in [0.1, 0.15) is 11.5 Å². The fraction of sp³-hybridized carbons (Fsp3) is 0. The molecule has 8 heteroatoms. The van der Waals surface area contributed by atoms with Crippen molar-refractivity contribution in [2.24, 2.45) is 0 Å². The number of ether oxygens (including phenoxy) is 2. The third-order valence-electron chi connectivity index (χ3n) is 10.6. The predicted molar refractivity (Wildman–Crippen MR) is 240 cm³/mol. The molecule has 0 aliphatic rings. The highest BCUT2D eigenvalue weighted by atomic mass is 16.5. The van der Waals surface area contributed by atoms with Crippen LogP contribution in [0.15, 0.2) is 194 Å². The quantitative estimate of drug-likeness (QED) is 0.0821. The van der Waals surface area contributed by atoms with Crippen LogP contribution in [0.25, 0.3) is 55.7 Å². The second-order valence-electron chi connectivity index (χ2n) is 14.3. The molecule has 0 amide bonds. The number of carbonyl (C=O) groups excluding carboxylic acids is 2. The Labute approximate surface area is 357 Å². The van der Waals surface area contributed by atoms with Crippen molar-refractivity contribution in [2.75, 3.05) is 0 Å². The van der Waals surface area contributed by atoms with Gasteiger partial charge in [-0.15, -0.1) is 0 Å². The third-order valence-corrected chi connectivity index (χ3v) is 10.6. The lowest BCUT2D eigenvalue weighted by Gasteiger charge is -2.20. The first-order chi connectivity index (χ1) is 30.3. The normalized spacial score (nSPS) is 11.2. The molecule has 300 valence electrons. The molecular formula is C54H36O8. The highest BCUT2D eigenvalue weighted by Crippen LogP contribution is 2.40. The van der Waals surface area contributed by atoms with Crippen LogP contribution in [0.4, 0.5) is 0 Å². The molecule has 0 fully saturated rings. The molecule has 0 spiro atoms. The smallest absolute Gasteiger partial charge is 0.335 e. The maximum absolute atomic E-state index is 11.5. The van der Waals surface area contributed by atoms with Gasteiger partial charge >= 0.3 is 11.9 Å². The van der Waals surface area contributed by atoms with Gasteiger partial charge in [-0.05, 0) is 126 Å². The maximum Gasteiger partial charge on any atom is 0.335 e. The Balaban J connectivity index is 1.28. The molecule has 0 bridgehead atoms. The first-order valence-electron chi connectivity index (χ1n) is 19.5. The molecule has 0 aliphatic heterocycles. The number of hydrogen-bond donors (Lipinski definition) is 2. The second-order valence-corrected chi connectivity index (χ2v) is 14.3. The van der Waals surface area contributed by atoms with Crippen molar-refractivity contribution >= 4 is 36.0 Å². The summed E-state index contributed by atoms with van der Waals surface area (Å²) in [7, 11) is 0. The van der Waals surface area contributed by atoms with E-state index in [1.807, 2.05) is 48.5 Å². The first kappa shape index (κ1) is 40.2. The minimum atomic E-state index is -0.983. The van der Waals surface area contributed by atoms with Crippen LogP contribution in [0, 0.1) is 0 Å². The number of carboxylic acid groups (broad SMARTS) is 2. The van der Waals surface area contributed by atoms with Gasteiger partial charge in [-0.3, -0.25) is 9.59 Å². The van der Waals surface area contributed by atoms with E-state index in [1.54, 1.807) is 72.8 Å². The lowest BCUT2D eigenvalue weighted by atomic mass is 9.84. The van der Waals surface area contributed by atoms with Gasteiger partial charge in [0.25, 0.3) is 12.9 Å². The molecule has 0 aliphatic carbocycles. The van der Waals surface area contributed by atoms with E-state index in [2.05, 4.69) is 72.8 Å². The van der Waals surface area contributed by atoms with Gasteiger partial charge in [0.05, 0.1) is 11.1 Å². The molecule has 0 unspecified atom stereocenters. The molecule has 8 aromatic rings. The zero-order chi connectivity index (χ0) is 43.0.